The molecule has 1 heterocycles. The van der Waals surface area contributed by atoms with Crippen molar-refractivity contribution in [3.63, 3.8) is 0 Å². The van der Waals surface area contributed by atoms with Crippen molar-refractivity contribution in [1.82, 2.24) is 9.97 Å². The molecule has 1 aliphatic carbocycles. The van der Waals surface area contributed by atoms with Crippen molar-refractivity contribution in [1.29, 1.82) is 0 Å². The number of halogens is 1. The van der Waals surface area contributed by atoms with Gasteiger partial charge in [-0.25, -0.2) is 9.97 Å². The summed E-state index contributed by atoms with van der Waals surface area (Å²) in [5.74, 6) is 2.68. The van der Waals surface area contributed by atoms with Crippen LogP contribution in [-0.4, -0.2) is 28.4 Å². The maximum atomic E-state index is 4.41. The van der Waals surface area contributed by atoms with E-state index < -0.39 is 0 Å². The zero-order valence-corrected chi connectivity index (χ0v) is 10.7. The summed E-state index contributed by atoms with van der Waals surface area (Å²) in [6.07, 6.45) is 4.39. The Balaban J connectivity index is 1.93. The van der Waals surface area contributed by atoms with Gasteiger partial charge in [0.25, 0.3) is 0 Å². The summed E-state index contributed by atoms with van der Waals surface area (Å²) in [7, 11) is 2.10. The van der Waals surface area contributed by atoms with E-state index in [1.54, 1.807) is 0 Å². The Labute approximate surface area is 99.0 Å². The zero-order chi connectivity index (χ0) is 10.8. The Morgan fingerprint density at radius 1 is 1.53 bits per heavy atom. The van der Waals surface area contributed by atoms with Crippen molar-refractivity contribution in [3.8, 4) is 0 Å². The quantitative estimate of drug-likeness (QED) is 0.790. The average Bonchev–Trinajstić information content (AvgIpc) is 2.15. The normalized spacial score (nSPS) is 24.7. The molecule has 0 N–H and O–H groups in total. The third-order valence-electron chi connectivity index (χ3n) is 2.86. The zero-order valence-electron chi connectivity index (χ0n) is 9.15. The first-order chi connectivity index (χ1) is 7.15. The van der Waals surface area contributed by atoms with E-state index >= 15 is 0 Å². The van der Waals surface area contributed by atoms with E-state index in [0.717, 1.165) is 28.9 Å². The molecule has 1 aliphatic rings. The van der Waals surface area contributed by atoms with Gasteiger partial charge in [0, 0.05) is 24.6 Å². The second-order valence-corrected chi connectivity index (χ2v) is 5.57. The number of hydrogen-bond donors (Lipinski definition) is 0. The third-order valence-corrected chi connectivity index (χ3v) is 3.61. The van der Waals surface area contributed by atoms with Gasteiger partial charge in [0.1, 0.15) is 11.6 Å². The number of aromatic nitrogens is 2. The first kappa shape index (κ1) is 10.9. The summed E-state index contributed by atoms with van der Waals surface area (Å²) in [6.45, 7) is 3.02. The van der Waals surface area contributed by atoms with Gasteiger partial charge in [0.2, 0.25) is 0 Å². The molecule has 0 atom stereocenters. The summed E-state index contributed by atoms with van der Waals surface area (Å²) >= 11 is 3.61. The molecule has 3 nitrogen and oxygen atoms in total. The third kappa shape index (κ3) is 2.68. The van der Waals surface area contributed by atoms with Crippen LogP contribution in [-0.2, 0) is 0 Å². The minimum absolute atomic E-state index is 0.739. The number of rotatable bonds is 3. The minimum atomic E-state index is 0.739. The first-order valence-corrected chi connectivity index (χ1v) is 6.21. The number of nitrogens with zero attached hydrogens (tertiary/aromatic N) is 3. The molecule has 1 aromatic rings. The highest BCUT2D eigenvalue weighted by atomic mass is 79.9. The van der Waals surface area contributed by atoms with Crippen LogP contribution < -0.4 is 4.90 Å². The number of aryl methyl sites for hydroxylation is 1. The molecule has 0 spiro atoms. The van der Waals surface area contributed by atoms with Crippen LogP contribution in [0.25, 0.3) is 0 Å². The van der Waals surface area contributed by atoms with Crippen LogP contribution in [0.3, 0.4) is 0 Å². The van der Waals surface area contributed by atoms with Crippen molar-refractivity contribution in [2.24, 2.45) is 5.92 Å². The van der Waals surface area contributed by atoms with Crippen LogP contribution in [0, 0.1) is 12.8 Å². The van der Waals surface area contributed by atoms with Gasteiger partial charge in [-0.2, -0.15) is 0 Å². The maximum absolute atomic E-state index is 4.41. The Bertz CT molecular complexity index is 336. The summed E-state index contributed by atoms with van der Waals surface area (Å²) in [5, 5.41) is 0. The van der Waals surface area contributed by atoms with Crippen molar-refractivity contribution in [2.45, 2.75) is 24.6 Å². The number of anilines is 1. The molecular formula is C11H16BrN3. The summed E-state index contributed by atoms with van der Waals surface area (Å²) in [5.41, 5.74) is 0. The van der Waals surface area contributed by atoms with E-state index in [1.807, 2.05) is 19.2 Å². The van der Waals surface area contributed by atoms with Crippen molar-refractivity contribution in [2.75, 3.05) is 18.5 Å². The highest BCUT2D eigenvalue weighted by molar-refractivity contribution is 9.09. The predicted molar refractivity (Wildman–Crippen MR) is 65.5 cm³/mol. The fraction of sp³-hybridized carbons (Fsp3) is 0.636. The van der Waals surface area contributed by atoms with Gasteiger partial charge in [-0.1, -0.05) is 15.9 Å². The fourth-order valence-corrected chi connectivity index (χ4v) is 3.00. The molecule has 4 heteroatoms. The average molecular weight is 270 g/mol. The lowest BCUT2D eigenvalue weighted by molar-refractivity contribution is 0.338. The van der Waals surface area contributed by atoms with E-state index in [0.29, 0.717) is 0 Å². The molecule has 0 aliphatic heterocycles. The highest BCUT2D eigenvalue weighted by Gasteiger charge is 2.27. The van der Waals surface area contributed by atoms with E-state index in [-0.39, 0.29) is 0 Å². The second kappa shape index (κ2) is 4.47. The molecule has 82 valence electrons. The Morgan fingerprint density at radius 3 is 2.87 bits per heavy atom. The van der Waals surface area contributed by atoms with Crippen LogP contribution in [0.2, 0.25) is 0 Å². The van der Waals surface area contributed by atoms with Crippen molar-refractivity contribution >= 4 is 21.7 Å². The van der Waals surface area contributed by atoms with E-state index in [2.05, 4.69) is 37.8 Å². The molecule has 2 rings (SSSR count). The van der Waals surface area contributed by atoms with Gasteiger partial charge in [-0.15, -0.1) is 0 Å². The molecule has 0 aromatic carbocycles. The lowest BCUT2D eigenvalue weighted by atomic mass is 9.85. The van der Waals surface area contributed by atoms with E-state index in [9.17, 15) is 0 Å². The van der Waals surface area contributed by atoms with Crippen LogP contribution >= 0.6 is 15.9 Å². The predicted octanol–water partition coefficient (Wildman–Crippen LogP) is 2.39. The fourth-order valence-electron chi connectivity index (χ4n) is 1.94. The standard InChI is InChI=1S/C11H16BrN3/c1-8-13-4-3-11(14-8)15(2)7-9-5-10(12)6-9/h3-4,9-10H,5-7H2,1-2H3. The van der Waals surface area contributed by atoms with Crippen molar-refractivity contribution in [3.05, 3.63) is 18.1 Å². The molecule has 1 aromatic heterocycles. The smallest absolute Gasteiger partial charge is 0.131 e. The summed E-state index contributed by atoms with van der Waals surface area (Å²) in [6, 6.07) is 1.97. The number of alkyl halides is 1. The van der Waals surface area contributed by atoms with Crippen LogP contribution in [0.5, 0.6) is 0 Å². The minimum Gasteiger partial charge on any atom is -0.359 e. The van der Waals surface area contributed by atoms with Gasteiger partial charge in [-0.3, -0.25) is 0 Å². The van der Waals surface area contributed by atoms with Crippen LogP contribution in [0.4, 0.5) is 5.82 Å². The maximum Gasteiger partial charge on any atom is 0.131 e. The van der Waals surface area contributed by atoms with E-state index in [4.69, 9.17) is 0 Å². The lowest BCUT2D eigenvalue weighted by Crippen LogP contribution is -2.35. The molecule has 0 bridgehead atoms. The monoisotopic (exact) mass is 269 g/mol. The van der Waals surface area contributed by atoms with E-state index in [1.165, 1.54) is 12.8 Å². The largest absolute Gasteiger partial charge is 0.359 e. The van der Waals surface area contributed by atoms with Crippen LogP contribution in [0.1, 0.15) is 18.7 Å². The summed E-state index contributed by atoms with van der Waals surface area (Å²) in [4.78, 5) is 11.5. The van der Waals surface area contributed by atoms with Crippen LogP contribution in [0.15, 0.2) is 12.3 Å². The van der Waals surface area contributed by atoms with Gasteiger partial charge >= 0.3 is 0 Å². The van der Waals surface area contributed by atoms with Gasteiger partial charge in [-0.05, 0) is 31.7 Å². The SMILES string of the molecule is Cc1nccc(N(C)CC2CC(Br)C2)n1. The van der Waals surface area contributed by atoms with Gasteiger partial charge < -0.3 is 4.90 Å². The summed E-state index contributed by atoms with van der Waals surface area (Å²) < 4.78 is 0. The molecule has 0 unspecified atom stereocenters. The second-order valence-electron chi connectivity index (χ2n) is 4.28. The highest BCUT2D eigenvalue weighted by Crippen LogP contribution is 2.34. The first-order valence-electron chi connectivity index (χ1n) is 5.30. The topological polar surface area (TPSA) is 29.0 Å². The lowest BCUT2D eigenvalue weighted by Gasteiger charge is -2.34. The Kier molecular flexibility index (Phi) is 3.24. The molecule has 0 amide bonds. The Hall–Kier alpha value is -0.640. The van der Waals surface area contributed by atoms with Gasteiger partial charge in [0.15, 0.2) is 0 Å². The molecular weight excluding hydrogens is 254 g/mol. The van der Waals surface area contributed by atoms with Gasteiger partial charge in [0.05, 0.1) is 0 Å². The molecule has 15 heavy (non-hydrogen) atoms. The Morgan fingerprint density at radius 2 is 2.27 bits per heavy atom. The molecule has 1 saturated carbocycles. The molecule has 0 saturated heterocycles. The van der Waals surface area contributed by atoms with Crippen molar-refractivity contribution < 1.29 is 0 Å². The molecule has 1 fully saturated rings. The number of hydrogen-bond acceptors (Lipinski definition) is 3. The molecule has 0 radical (unpaired) electrons.